The second kappa shape index (κ2) is 3.75. The summed E-state index contributed by atoms with van der Waals surface area (Å²) in [6, 6.07) is 4.21. The molecule has 0 saturated heterocycles. The average molecular weight is 237 g/mol. The molecule has 0 heterocycles. The van der Waals surface area contributed by atoms with Crippen LogP contribution in [0.3, 0.4) is 0 Å². The average Bonchev–Trinajstić information content (AvgIpc) is 2.09. The molecule has 2 nitrogen and oxygen atoms in total. The van der Waals surface area contributed by atoms with E-state index in [2.05, 4.69) is 0 Å². The standard InChI is InChI=1S/C9H7Cl2FO2/c1-9(12,8(13)14)5-3-2-4-6(10)7(5)11/h2-4H,1H3,(H,13,14). The molecular weight excluding hydrogens is 230 g/mol. The van der Waals surface area contributed by atoms with E-state index in [9.17, 15) is 9.18 Å². The lowest BCUT2D eigenvalue weighted by atomic mass is 9.98. The lowest BCUT2D eigenvalue weighted by Gasteiger charge is -2.17. The third kappa shape index (κ3) is 1.83. The number of aliphatic carboxylic acids is 1. The second-order valence-electron chi connectivity index (χ2n) is 2.91. The summed E-state index contributed by atoms with van der Waals surface area (Å²) in [6.45, 7) is 0.923. The van der Waals surface area contributed by atoms with Crippen LogP contribution in [0.15, 0.2) is 18.2 Å². The van der Waals surface area contributed by atoms with Crippen LogP contribution in [-0.2, 0) is 10.5 Å². The van der Waals surface area contributed by atoms with Crippen molar-refractivity contribution in [3.63, 3.8) is 0 Å². The van der Waals surface area contributed by atoms with Crippen molar-refractivity contribution in [1.82, 2.24) is 0 Å². The van der Waals surface area contributed by atoms with E-state index < -0.39 is 11.6 Å². The van der Waals surface area contributed by atoms with E-state index in [1.54, 1.807) is 0 Å². The molecule has 1 aromatic carbocycles. The first-order valence-corrected chi connectivity index (χ1v) is 4.49. The van der Waals surface area contributed by atoms with E-state index in [1.807, 2.05) is 0 Å². The summed E-state index contributed by atoms with van der Waals surface area (Å²) in [6.07, 6.45) is 0. The first-order valence-electron chi connectivity index (χ1n) is 3.74. The molecule has 1 N–H and O–H groups in total. The highest BCUT2D eigenvalue weighted by molar-refractivity contribution is 6.42. The SMILES string of the molecule is CC(F)(C(=O)O)c1cccc(Cl)c1Cl. The maximum absolute atomic E-state index is 13.6. The van der Waals surface area contributed by atoms with E-state index in [0.29, 0.717) is 0 Å². The largest absolute Gasteiger partial charge is 0.479 e. The van der Waals surface area contributed by atoms with Gasteiger partial charge in [0.1, 0.15) is 0 Å². The Kier molecular flexibility index (Phi) is 3.02. The van der Waals surface area contributed by atoms with Gasteiger partial charge in [-0.1, -0.05) is 35.3 Å². The topological polar surface area (TPSA) is 37.3 Å². The minimum Gasteiger partial charge on any atom is -0.479 e. The number of hydrogen-bond donors (Lipinski definition) is 1. The zero-order chi connectivity index (χ0) is 10.9. The molecule has 0 bridgehead atoms. The number of benzene rings is 1. The number of carbonyl (C=O) groups is 1. The van der Waals surface area contributed by atoms with Crippen molar-refractivity contribution < 1.29 is 14.3 Å². The van der Waals surface area contributed by atoms with Crippen LogP contribution in [0.25, 0.3) is 0 Å². The zero-order valence-electron chi connectivity index (χ0n) is 7.22. The van der Waals surface area contributed by atoms with Crippen LogP contribution < -0.4 is 0 Å². The molecule has 1 atom stereocenters. The Bertz CT molecular complexity index is 377. The Morgan fingerprint density at radius 1 is 1.50 bits per heavy atom. The van der Waals surface area contributed by atoms with Gasteiger partial charge in [0, 0.05) is 5.56 Å². The molecule has 0 aliphatic heterocycles. The van der Waals surface area contributed by atoms with Gasteiger partial charge in [0.15, 0.2) is 0 Å². The summed E-state index contributed by atoms with van der Waals surface area (Å²) < 4.78 is 13.6. The maximum Gasteiger partial charge on any atom is 0.345 e. The number of carboxylic acids is 1. The van der Waals surface area contributed by atoms with Crippen LogP contribution in [0.2, 0.25) is 10.0 Å². The number of carboxylic acid groups (broad SMARTS) is 1. The minimum atomic E-state index is -2.53. The van der Waals surface area contributed by atoms with E-state index >= 15 is 0 Å². The van der Waals surface area contributed by atoms with Gasteiger partial charge in [-0.15, -0.1) is 0 Å². The molecule has 1 unspecified atom stereocenters. The van der Waals surface area contributed by atoms with Crippen molar-refractivity contribution in [3.8, 4) is 0 Å². The smallest absolute Gasteiger partial charge is 0.345 e. The monoisotopic (exact) mass is 236 g/mol. The Morgan fingerprint density at radius 3 is 2.57 bits per heavy atom. The molecule has 1 rings (SSSR count). The predicted molar refractivity (Wildman–Crippen MR) is 52.6 cm³/mol. The molecule has 0 aliphatic rings. The first-order chi connectivity index (χ1) is 6.37. The van der Waals surface area contributed by atoms with Gasteiger partial charge in [-0.2, -0.15) is 0 Å². The summed E-state index contributed by atoms with van der Waals surface area (Å²) in [5, 5.41) is 8.70. The number of rotatable bonds is 2. The van der Waals surface area contributed by atoms with Crippen molar-refractivity contribution in [3.05, 3.63) is 33.8 Å². The summed E-state index contributed by atoms with van der Waals surface area (Å²) in [5.41, 5.74) is -2.67. The van der Waals surface area contributed by atoms with Crippen LogP contribution >= 0.6 is 23.2 Å². The highest BCUT2D eigenvalue weighted by Gasteiger charge is 2.37. The third-order valence-corrected chi connectivity index (χ3v) is 2.68. The number of alkyl halides is 1. The quantitative estimate of drug-likeness (QED) is 0.856. The van der Waals surface area contributed by atoms with Crippen LogP contribution in [0.1, 0.15) is 12.5 Å². The lowest BCUT2D eigenvalue weighted by Crippen LogP contribution is -2.27. The van der Waals surface area contributed by atoms with Crippen LogP contribution in [-0.4, -0.2) is 11.1 Å². The molecule has 76 valence electrons. The number of hydrogen-bond acceptors (Lipinski definition) is 1. The van der Waals surface area contributed by atoms with Crippen molar-refractivity contribution in [2.75, 3.05) is 0 Å². The third-order valence-electron chi connectivity index (χ3n) is 1.86. The normalized spacial score (nSPS) is 14.9. The first kappa shape index (κ1) is 11.3. The van der Waals surface area contributed by atoms with Crippen LogP contribution in [0.5, 0.6) is 0 Å². The Labute approximate surface area is 90.3 Å². The van der Waals surface area contributed by atoms with Gasteiger partial charge in [0.2, 0.25) is 5.67 Å². The summed E-state index contributed by atoms with van der Waals surface area (Å²) in [4.78, 5) is 10.6. The fourth-order valence-corrected chi connectivity index (χ4v) is 1.46. The second-order valence-corrected chi connectivity index (χ2v) is 3.69. The fraction of sp³-hybridized carbons (Fsp3) is 0.222. The Balaban J connectivity index is 3.33. The molecule has 5 heteroatoms. The van der Waals surface area contributed by atoms with Gasteiger partial charge in [0.25, 0.3) is 0 Å². The van der Waals surface area contributed by atoms with Crippen LogP contribution in [0, 0.1) is 0 Å². The highest BCUT2D eigenvalue weighted by Crippen LogP contribution is 2.35. The van der Waals surface area contributed by atoms with Crippen molar-refractivity contribution in [1.29, 1.82) is 0 Å². The molecule has 0 aliphatic carbocycles. The van der Waals surface area contributed by atoms with E-state index in [1.165, 1.54) is 18.2 Å². The van der Waals surface area contributed by atoms with Gasteiger partial charge in [-0.25, -0.2) is 9.18 Å². The van der Waals surface area contributed by atoms with Gasteiger partial charge in [0.05, 0.1) is 10.0 Å². The highest BCUT2D eigenvalue weighted by atomic mass is 35.5. The minimum absolute atomic E-state index is 0.0680. The Hall–Kier alpha value is -0.800. The van der Waals surface area contributed by atoms with Crippen molar-refractivity contribution in [2.24, 2.45) is 0 Å². The zero-order valence-corrected chi connectivity index (χ0v) is 8.73. The van der Waals surface area contributed by atoms with E-state index in [-0.39, 0.29) is 15.6 Å². The van der Waals surface area contributed by atoms with E-state index in [0.717, 1.165) is 6.92 Å². The van der Waals surface area contributed by atoms with Crippen molar-refractivity contribution >= 4 is 29.2 Å². The van der Waals surface area contributed by atoms with Gasteiger partial charge < -0.3 is 5.11 Å². The Morgan fingerprint density at radius 2 is 2.07 bits per heavy atom. The number of halogens is 3. The molecule has 14 heavy (non-hydrogen) atoms. The molecule has 1 aromatic rings. The maximum atomic E-state index is 13.6. The summed E-state index contributed by atoms with van der Waals surface area (Å²) in [5.74, 6) is -1.60. The molecule has 0 amide bonds. The van der Waals surface area contributed by atoms with E-state index in [4.69, 9.17) is 28.3 Å². The molecular formula is C9H7Cl2FO2. The molecule has 0 saturated carbocycles. The summed E-state index contributed by atoms with van der Waals surface area (Å²) >= 11 is 11.3. The van der Waals surface area contributed by atoms with Gasteiger partial charge in [-0.05, 0) is 13.0 Å². The lowest BCUT2D eigenvalue weighted by molar-refractivity contribution is -0.150. The van der Waals surface area contributed by atoms with Gasteiger partial charge in [-0.3, -0.25) is 0 Å². The van der Waals surface area contributed by atoms with Gasteiger partial charge >= 0.3 is 5.97 Å². The van der Waals surface area contributed by atoms with Crippen LogP contribution in [0.4, 0.5) is 4.39 Å². The predicted octanol–water partition coefficient (Wildman–Crippen LogP) is 3.26. The molecule has 0 spiro atoms. The summed E-state index contributed by atoms with van der Waals surface area (Å²) in [7, 11) is 0. The molecule has 0 radical (unpaired) electrons. The van der Waals surface area contributed by atoms with Crippen molar-refractivity contribution in [2.45, 2.75) is 12.6 Å². The molecule has 0 fully saturated rings. The molecule has 0 aromatic heterocycles. The fourth-order valence-electron chi connectivity index (χ4n) is 0.982.